The Bertz CT molecular complexity index is 1880. The predicted octanol–water partition coefficient (Wildman–Crippen LogP) is 9.93. The first-order chi connectivity index (χ1) is 22.0. The zero-order chi connectivity index (χ0) is 32.8. The number of aryl methyl sites for hydroxylation is 2. The molecule has 6 nitrogen and oxygen atoms in total. The summed E-state index contributed by atoms with van der Waals surface area (Å²) in [5.74, 6) is -0.565. The van der Waals surface area contributed by atoms with Crippen molar-refractivity contribution in [2.24, 2.45) is 20.0 Å². The molecule has 0 unspecified atom stereocenters. The molecule has 0 saturated heterocycles. The second-order valence-electron chi connectivity index (χ2n) is 11.0. The van der Waals surface area contributed by atoms with Crippen LogP contribution >= 0.6 is 0 Å². The third kappa shape index (κ3) is 7.95. The van der Waals surface area contributed by atoms with Crippen molar-refractivity contribution in [2.45, 2.75) is 41.5 Å². The molecule has 0 saturated carbocycles. The minimum Gasteiger partial charge on any atom is -0.252 e. The van der Waals surface area contributed by atoms with Crippen molar-refractivity contribution in [1.29, 1.82) is 0 Å². The molecular formula is C38H34F2N6. The van der Waals surface area contributed by atoms with E-state index in [-0.39, 0.29) is 11.6 Å². The molecule has 8 heteroatoms. The van der Waals surface area contributed by atoms with E-state index in [1.54, 1.807) is 12.1 Å². The van der Waals surface area contributed by atoms with Crippen molar-refractivity contribution >= 4 is 45.6 Å². The Labute approximate surface area is 268 Å². The molecule has 0 radical (unpaired) electrons. The smallest absolute Gasteiger partial charge is 0.123 e. The molecule has 3 aromatic carbocycles. The second-order valence-corrected chi connectivity index (χ2v) is 11.0. The number of hydrogen-bond acceptors (Lipinski definition) is 6. The van der Waals surface area contributed by atoms with Crippen molar-refractivity contribution in [2.75, 3.05) is 0 Å². The van der Waals surface area contributed by atoms with Gasteiger partial charge in [-0.1, -0.05) is 12.1 Å². The van der Waals surface area contributed by atoms with Crippen molar-refractivity contribution in [3.8, 4) is 0 Å². The summed E-state index contributed by atoms with van der Waals surface area (Å²) in [5, 5.41) is 0. The lowest BCUT2D eigenvalue weighted by Gasteiger charge is -2.07. The second kappa shape index (κ2) is 14.1. The lowest BCUT2D eigenvalue weighted by Crippen LogP contribution is -2.05. The van der Waals surface area contributed by atoms with Crippen LogP contribution in [-0.4, -0.2) is 32.8 Å². The number of benzene rings is 3. The summed E-state index contributed by atoms with van der Waals surface area (Å²) in [4.78, 5) is 28.4. The Kier molecular flexibility index (Phi) is 9.76. The molecule has 5 rings (SSSR count). The number of aromatic nitrogens is 2. The van der Waals surface area contributed by atoms with Gasteiger partial charge in [0.05, 0.1) is 68.4 Å². The number of nitrogens with zero attached hydrogens (tertiary/aromatic N) is 6. The Morgan fingerprint density at radius 3 is 1.11 bits per heavy atom. The van der Waals surface area contributed by atoms with Crippen LogP contribution in [0, 0.1) is 25.5 Å². The predicted molar refractivity (Wildman–Crippen MR) is 185 cm³/mol. The molecule has 0 spiro atoms. The highest BCUT2D eigenvalue weighted by Gasteiger charge is 2.08. The third-order valence-corrected chi connectivity index (χ3v) is 7.32. The third-order valence-electron chi connectivity index (χ3n) is 7.32. The van der Waals surface area contributed by atoms with Crippen LogP contribution in [0.3, 0.4) is 0 Å². The first-order valence-corrected chi connectivity index (χ1v) is 14.8. The molecule has 0 aliphatic carbocycles. The lowest BCUT2D eigenvalue weighted by atomic mass is 10.1. The van der Waals surface area contributed by atoms with Gasteiger partial charge in [0.25, 0.3) is 0 Å². The molecule has 0 N–H and O–H groups in total. The summed E-state index contributed by atoms with van der Waals surface area (Å²) >= 11 is 0. The highest BCUT2D eigenvalue weighted by molar-refractivity contribution is 6.03. The van der Waals surface area contributed by atoms with E-state index in [9.17, 15) is 8.78 Å². The molecule has 46 heavy (non-hydrogen) atoms. The van der Waals surface area contributed by atoms with Gasteiger partial charge in [0.1, 0.15) is 11.6 Å². The van der Waals surface area contributed by atoms with Crippen LogP contribution < -0.4 is 0 Å². The van der Waals surface area contributed by atoms with Crippen LogP contribution in [0.15, 0.2) is 117 Å². The first kappa shape index (κ1) is 31.9. The van der Waals surface area contributed by atoms with Gasteiger partial charge in [-0.3, -0.25) is 20.0 Å². The van der Waals surface area contributed by atoms with Crippen LogP contribution in [0.1, 0.15) is 61.6 Å². The van der Waals surface area contributed by atoms with Crippen LogP contribution in [-0.2, 0) is 0 Å². The van der Waals surface area contributed by atoms with Crippen LogP contribution in [0.4, 0.5) is 31.5 Å². The van der Waals surface area contributed by atoms with E-state index in [2.05, 4.69) is 9.98 Å². The SMILES string of the molecule is CC(=Nc1ccc(N=C(C)c2cccc(C(C)=Nc3ccc(F)cc3C)n2)cc1)c1cccc(C(C)=Nc2ccc(F)cc2C)n1. The van der Waals surface area contributed by atoms with E-state index < -0.39 is 0 Å². The normalized spacial score (nSPS) is 12.9. The molecule has 5 aromatic rings. The van der Waals surface area contributed by atoms with E-state index in [0.29, 0.717) is 11.4 Å². The molecule has 2 heterocycles. The molecule has 230 valence electrons. The summed E-state index contributed by atoms with van der Waals surface area (Å²) in [6.07, 6.45) is 0. The zero-order valence-electron chi connectivity index (χ0n) is 26.7. The Morgan fingerprint density at radius 1 is 0.457 bits per heavy atom. The van der Waals surface area contributed by atoms with Gasteiger partial charge >= 0.3 is 0 Å². The number of rotatable bonds is 8. The highest BCUT2D eigenvalue weighted by Crippen LogP contribution is 2.23. The van der Waals surface area contributed by atoms with Gasteiger partial charge in [0.15, 0.2) is 0 Å². The summed E-state index contributed by atoms with van der Waals surface area (Å²) in [5.41, 5.74) is 10.4. The fourth-order valence-electron chi connectivity index (χ4n) is 4.74. The highest BCUT2D eigenvalue weighted by atomic mass is 19.1. The maximum Gasteiger partial charge on any atom is 0.123 e. The minimum atomic E-state index is -0.283. The van der Waals surface area contributed by atoms with E-state index in [4.69, 9.17) is 20.0 Å². The molecule has 0 atom stereocenters. The van der Waals surface area contributed by atoms with Gasteiger partial charge < -0.3 is 0 Å². The maximum absolute atomic E-state index is 13.5. The van der Waals surface area contributed by atoms with E-state index in [0.717, 1.165) is 68.1 Å². The molecule has 0 aliphatic rings. The topological polar surface area (TPSA) is 75.2 Å². The Balaban J connectivity index is 1.31. The van der Waals surface area contributed by atoms with E-state index >= 15 is 0 Å². The van der Waals surface area contributed by atoms with E-state index in [1.165, 1.54) is 24.3 Å². The van der Waals surface area contributed by atoms with Gasteiger partial charge in [0.2, 0.25) is 0 Å². The van der Waals surface area contributed by atoms with Gasteiger partial charge in [0, 0.05) is 0 Å². The van der Waals surface area contributed by atoms with Crippen LogP contribution in [0.25, 0.3) is 0 Å². The average molecular weight is 613 g/mol. The largest absolute Gasteiger partial charge is 0.252 e. The molecule has 2 aromatic heterocycles. The van der Waals surface area contributed by atoms with Gasteiger partial charge in [-0.25, -0.2) is 18.7 Å². The van der Waals surface area contributed by atoms with Crippen molar-refractivity contribution in [3.63, 3.8) is 0 Å². The summed E-state index contributed by atoms with van der Waals surface area (Å²) in [7, 11) is 0. The number of hydrogen-bond donors (Lipinski definition) is 0. The molecule has 0 amide bonds. The van der Waals surface area contributed by atoms with Gasteiger partial charge in [-0.05, 0) is 138 Å². The molecule has 0 aliphatic heterocycles. The molecular weight excluding hydrogens is 578 g/mol. The summed E-state index contributed by atoms with van der Waals surface area (Å²) < 4.78 is 27.0. The standard InChI is InChI=1S/C38H34F2N6/c1-23-21-29(39)13-19-33(23)43-27(5)37-11-7-9-35(45-37)25(3)41-31-15-17-32(18-16-31)42-26(4)36-10-8-12-38(46-36)28(6)44-34-20-14-30(40)22-24(34)2/h7-22H,1-6H3. The number of halogens is 2. The van der Waals surface area contributed by atoms with Crippen molar-refractivity contribution in [1.82, 2.24) is 9.97 Å². The quantitative estimate of drug-likeness (QED) is 0.164. The number of pyridine rings is 2. The van der Waals surface area contributed by atoms with Gasteiger partial charge in [-0.15, -0.1) is 0 Å². The Morgan fingerprint density at radius 2 is 0.783 bits per heavy atom. The first-order valence-electron chi connectivity index (χ1n) is 14.8. The Hall–Kier alpha value is -5.50. The summed E-state index contributed by atoms with van der Waals surface area (Å²) in [6, 6.07) is 28.2. The fraction of sp³-hybridized carbons (Fsp3) is 0.158. The maximum atomic E-state index is 13.5. The zero-order valence-corrected chi connectivity index (χ0v) is 26.7. The molecule has 0 fully saturated rings. The average Bonchev–Trinajstić information content (AvgIpc) is 3.04. The lowest BCUT2D eigenvalue weighted by molar-refractivity contribution is 0.626. The van der Waals surface area contributed by atoms with Crippen LogP contribution in [0.5, 0.6) is 0 Å². The fourth-order valence-corrected chi connectivity index (χ4v) is 4.74. The van der Waals surface area contributed by atoms with E-state index in [1.807, 2.05) is 102 Å². The van der Waals surface area contributed by atoms with Gasteiger partial charge in [-0.2, -0.15) is 0 Å². The van der Waals surface area contributed by atoms with Crippen molar-refractivity contribution < 1.29 is 8.78 Å². The summed E-state index contributed by atoms with van der Waals surface area (Å²) in [6.45, 7) is 11.3. The monoisotopic (exact) mass is 612 g/mol. The minimum absolute atomic E-state index is 0.283. The molecule has 0 bridgehead atoms. The number of aliphatic imine (C=N–C) groups is 4. The van der Waals surface area contributed by atoms with Crippen molar-refractivity contribution in [3.05, 3.63) is 143 Å². The van der Waals surface area contributed by atoms with Crippen LogP contribution in [0.2, 0.25) is 0 Å².